The summed E-state index contributed by atoms with van der Waals surface area (Å²) in [5.74, 6) is -0.771. The molecule has 1 N–H and O–H groups in total. The van der Waals surface area contributed by atoms with E-state index in [2.05, 4.69) is 10.3 Å². The van der Waals surface area contributed by atoms with Gasteiger partial charge in [-0.2, -0.15) is 0 Å². The molecule has 0 bridgehead atoms. The number of rotatable bonds is 4. The summed E-state index contributed by atoms with van der Waals surface area (Å²) in [5, 5.41) is 4.61. The Morgan fingerprint density at radius 3 is 2.93 bits per heavy atom. The van der Waals surface area contributed by atoms with E-state index < -0.39 is 5.92 Å². The number of esters is 1. The van der Waals surface area contributed by atoms with Crippen molar-refractivity contribution in [2.45, 2.75) is 19.4 Å². The molecule has 2 amide bonds. The molecule has 1 aromatic carbocycles. The molecular formula is C20H20N4O4S. The molecule has 0 spiro atoms. The van der Waals surface area contributed by atoms with Gasteiger partial charge in [-0.05, 0) is 25.0 Å². The van der Waals surface area contributed by atoms with E-state index in [0.29, 0.717) is 35.9 Å². The number of likely N-dealkylation sites (tertiary alicyclic amines) is 1. The molecular weight excluding hydrogens is 392 g/mol. The second-order valence-corrected chi connectivity index (χ2v) is 7.70. The molecule has 150 valence electrons. The summed E-state index contributed by atoms with van der Waals surface area (Å²) in [5.41, 5.74) is 0.924. The summed E-state index contributed by atoms with van der Waals surface area (Å²) < 4.78 is 6.84. The number of hydrogen-bond donors (Lipinski definition) is 1. The van der Waals surface area contributed by atoms with Crippen LogP contribution >= 0.6 is 11.3 Å². The van der Waals surface area contributed by atoms with Crippen molar-refractivity contribution in [2.75, 3.05) is 18.4 Å². The molecule has 8 nitrogen and oxygen atoms in total. The van der Waals surface area contributed by atoms with E-state index in [1.807, 2.05) is 30.3 Å². The van der Waals surface area contributed by atoms with E-state index in [9.17, 15) is 14.4 Å². The van der Waals surface area contributed by atoms with E-state index >= 15 is 0 Å². The summed E-state index contributed by atoms with van der Waals surface area (Å²) in [6.07, 6.45) is 3.04. The first-order chi connectivity index (χ1) is 14.1. The first-order valence-electron chi connectivity index (χ1n) is 9.33. The fraction of sp³-hybridized carbons (Fsp3) is 0.300. The summed E-state index contributed by atoms with van der Waals surface area (Å²) >= 11 is 1.34. The van der Waals surface area contributed by atoms with Crippen LogP contribution in [0.3, 0.4) is 0 Å². The Morgan fingerprint density at radius 2 is 2.10 bits per heavy atom. The van der Waals surface area contributed by atoms with Gasteiger partial charge in [0.05, 0.1) is 11.6 Å². The standard InChI is InChI=1S/C20H20N4O4S/c25-17-11-16(22-20-24(17)9-10-29-20)13-28-18(26)14-5-4-8-23(12-14)19(27)21-15-6-2-1-3-7-15/h1-3,6-7,9-11,14H,4-5,8,12-13H2,(H,21,27)/t14-/m0/s1. The van der Waals surface area contributed by atoms with Crippen LogP contribution in [-0.4, -0.2) is 39.4 Å². The van der Waals surface area contributed by atoms with Crippen molar-refractivity contribution in [1.82, 2.24) is 14.3 Å². The van der Waals surface area contributed by atoms with Crippen molar-refractivity contribution in [3.8, 4) is 0 Å². The summed E-state index contributed by atoms with van der Waals surface area (Å²) in [6.45, 7) is 0.836. The van der Waals surface area contributed by atoms with Gasteiger partial charge in [0.2, 0.25) is 0 Å². The monoisotopic (exact) mass is 412 g/mol. The largest absolute Gasteiger partial charge is 0.459 e. The second-order valence-electron chi connectivity index (χ2n) is 6.83. The zero-order chi connectivity index (χ0) is 20.2. The average Bonchev–Trinajstić information content (AvgIpc) is 3.22. The van der Waals surface area contributed by atoms with Gasteiger partial charge < -0.3 is 15.0 Å². The van der Waals surface area contributed by atoms with E-state index in [1.54, 1.807) is 16.5 Å². The molecule has 0 saturated carbocycles. The van der Waals surface area contributed by atoms with Gasteiger partial charge in [-0.25, -0.2) is 9.78 Å². The Balaban J connectivity index is 1.34. The van der Waals surface area contributed by atoms with Gasteiger partial charge in [-0.3, -0.25) is 14.0 Å². The maximum atomic E-state index is 12.5. The number of nitrogens with one attached hydrogen (secondary N) is 1. The van der Waals surface area contributed by atoms with Crippen LogP contribution in [0.15, 0.2) is 52.8 Å². The number of para-hydroxylation sites is 1. The van der Waals surface area contributed by atoms with Crippen LogP contribution in [0.1, 0.15) is 18.5 Å². The number of carbonyl (C=O) groups is 2. The predicted octanol–water partition coefficient (Wildman–Crippen LogP) is 2.74. The highest BCUT2D eigenvalue weighted by Gasteiger charge is 2.29. The topological polar surface area (TPSA) is 93.0 Å². The Kier molecular flexibility index (Phi) is 5.57. The van der Waals surface area contributed by atoms with Crippen molar-refractivity contribution in [1.29, 1.82) is 0 Å². The van der Waals surface area contributed by atoms with Gasteiger partial charge in [0.1, 0.15) is 6.61 Å². The lowest BCUT2D eigenvalue weighted by Gasteiger charge is -2.31. The van der Waals surface area contributed by atoms with Crippen molar-refractivity contribution >= 4 is 34.0 Å². The van der Waals surface area contributed by atoms with Gasteiger partial charge in [0.25, 0.3) is 5.56 Å². The molecule has 1 aliphatic heterocycles. The van der Waals surface area contributed by atoms with Crippen molar-refractivity contribution in [2.24, 2.45) is 5.92 Å². The molecule has 0 radical (unpaired) electrons. The second kappa shape index (κ2) is 8.44. The fourth-order valence-electron chi connectivity index (χ4n) is 3.30. The third-order valence-electron chi connectivity index (χ3n) is 4.79. The molecule has 3 aromatic rings. The molecule has 1 fully saturated rings. The number of carbonyl (C=O) groups excluding carboxylic acids is 2. The number of nitrogens with zero attached hydrogens (tertiary/aromatic N) is 3. The Hall–Kier alpha value is -3.20. The molecule has 0 aliphatic carbocycles. The Labute approximate surface area is 170 Å². The van der Waals surface area contributed by atoms with Crippen LogP contribution < -0.4 is 10.9 Å². The molecule has 9 heteroatoms. The van der Waals surface area contributed by atoms with Crippen molar-refractivity contribution < 1.29 is 14.3 Å². The number of fused-ring (bicyclic) bond motifs is 1. The number of piperidine rings is 1. The van der Waals surface area contributed by atoms with Crippen LogP contribution in [0.25, 0.3) is 4.96 Å². The Bertz CT molecular complexity index is 1080. The lowest BCUT2D eigenvalue weighted by Crippen LogP contribution is -2.44. The average molecular weight is 412 g/mol. The minimum atomic E-state index is -0.392. The summed E-state index contributed by atoms with van der Waals surface area (Å²) in [4.78, 5) is 43.5. The van der Waals surface area contributed by atoms with Crippen LogP contribution in [-0.2, 0) is 16.1 Å². The van der Waals surface area contributed by atoms with Gasteiger partial charge in [0.15, 0.2) is 4.96 Å². The van der Waals surface area contributed by atoms with Crippen LogP contribution in [0, 0.1) is 5.92 Å². The molecule has 1 aliphatic rings. The van der Waals surface area contributed by atoms with Crippen molar-refractivity contribution in [3.63, 3.8) is 0 Å². The Morgan fingerprint density at radius 1 is 1.28 bits per heavy atom. The SMILES string of the molecule is O=C(OCc1cc(=O)n2ccsc2n1)[C@H]1CCCN(C(=O)Nc2ccccc2)C1. The molecule has 4 rings (SSSR count). The maximum absolute atomic E-state index is 12.5. The smallest absolute Gasteiger partial charge is 0.321 e. The fourth-order valence-corrected chi connectivity index (χ4v) is 4.04. The third kappa shape index (κ3) is 4.45. The summed E-state index contributed by atoms with van der Waals surface area (Å²) in [7, 11) is 0. The molecule has 2 aromatic heterocycles. The number of hydrogen-bond acceptors (Lipinski definition) is 6. The van der Waals surface area contributed by atoms with E-state index in [1.165, 1.54) is 21.8 Å². The molecule has 3 heterocycles. The van der Waals surface area contributed by atoms with Gasteiger partial charge in [-0.1, -0.05) is 18.2 Å². The van der Waals surface area contributed by atoms with Gasteiger partial charge in [-0.15, -0.1) is 11.3 Å². The number of benzene rings is 1. The highest BCUT2D eigenvalue weighted by atomic mass is 32.1. The minimum Gasteiger partial charge on any atom is -0.459 e. The summed E-state index contributed by atoms with van der Waals surface area (Å²) in [6, 6.07) is 10.3. The van der Waals surface area contributed by atoms with Gasteiger partial charge in [0, 0.05) is 36.4 Å². The number of amides is 2. The minimum absolute atomic E-state index is 0.0603. The number of anilines is 1. The highest BCUT2D eigenvalue weighted by molar-refractivity contribution is 7.15. The van der Waals surface area contributed by atoms with Crippen LogP contribution in [0.5, 0.6) is 0 Å². The predicted molar refractivity (Wildman–Crippen MR) is 109 cm³/mol. The lowest BCUT2D eigenvalue weighted by molar-refractivity contribution is -0.151. The zero-order valence-corrected chi connectivity index (χ0v) is 16.4. The third-order valence-corrected chi connectivity index (χ3v) is 5.54. The molecule has 1 saturated heterocycles. The normalized spacial score (nSPS) is 16.6. The van der Waals surface area contributed by atoms with Crippen molar-refractivity contribution in [3.05, 3.63) is 64.0 Å². The first kappa shape index (κ1) is 19.1. The zero-order valence-electron chi connectivity index (χ0n) is 15.6. The first-order valence-corrected chi connectivity index (χ1v) is 10.2. The van der Waals surface area contributed by atoms with E-state index in [-0.39, 0.29) is 24.2 Å². The number of urea groups is 1. The molecule has 1 atom stereocenters. The van der Waals surface area contributed by atoms with Crippen LogP contribution in [0.4, 0.5) is 10.5 Å². The quantitative estimate of drug-likeness (QED) is 0.665. The van der Waals surface area contributed by atoms with E-state index in [4.69, 9.17) is 4.74 Å². The molecule has 0 unspecified atom stereocenters. The van der Waals surface area contributed by atoms with E-state index in [0.717, 1.165) is 6.42 Å². The maximum Gasteiger partial charge on any atom is 0.321 e. The number of thiazole rings is 1. The highest BCUT2D eigenvalue weighted by Crippen LogP contribution is 2.20. The van der Waals surface area contributed by atoms with Gasteiger partial charge >= 0.3 is 12.0 Å². The van der Waals surface area contributed by atoms with Crippen LogP contribution in [0.2, 0.25) is 0 Å². The number of ether oxygens (including phenoxy) is 1. The number of aromatic nitrogens is 2. The molecule has 29 heavy (non-hydrogen) atoms. The lowest BCUT2D eigenvalue weighted by atomic mass is 9.98.